The molecule has 2 aromatic carbocycles. The molecule has 0 saturated heterocycles. The van der Waals surface area contributed by atoms with Crippen LogP contribution in [0.1, 0.15) is 40.1 Å². The molecule has 0 spiro atoms. The number of ether oxygens (including phenoxy) is 2. The Balaban J connectivity index is 2.27. The molecule has 0 atom stereocenters. The fraction of sp³-hybridized carbons (Fsp3) is 0.263. The van der Waals surface area contributed by atoms with E-state index < -0.39 is 11.9 Å². The Hall–Kier alpha value is -3.02. The lowest BCUT2D eigenvalue weighted by atomic mass is 10.1. The maximum Gasteiger partial charge on any atom is 0.335 e. The maximum absolute atomic E-state index is 12.5. The first-order chi connectivity index (χ1) is 11.8. The molecule has 0 unspecified atom stereocenters. The summed E-state index contributed by atoms with van der Waals surface area (Å²) in [6.07, 6.45) is -0.0465. The van der Waals surface area contributed by atoms with E-state index in [-0.39, 0.29) is 17.2 Å². The number of anilines is 1. The number of carboxylic acids is 1. The highest BCUT2D eigenvalue weighted by Gasteiger charge is 2.13. The predicted molar refractivity (Wildman–Crippen MR) is 94.8 cm³/mol. The lowest BCUT2D eigenvalue weighted by Gasteiger charge is -2.15. The van der Waals surface area contributed by atoms with Crippen molar-refractivity contribution in [2.75, 3.05) is 12.4 Å². The first kappa shape index (κ1) is 18.3. The van der Waals surface area contributed by atoms with Gasteiger partial charge in [-0.1, -0.05) is 0 Å². The highest BCUT2D eigenvalue weighted by atomic mass is 16.5. The third-order valence-electron chi connectivity index (χ3n) is 3.37. The van der Waals surface area contributed by atoms with Gasteiger partial charge in [-0.25, -0.2) is 4.79 Å². The summed E-state index contributed by atoms with van der Waals surface area (Å²) in [5, 5.41) is 11.9. The lowest BCUT2D eigenvalue weighted by Crippen LogP contribution is -2.14. The minimum atomic E-state index is -1.07. The molecule has 25 heavy (non-hydrogen) atoms. The predicted octanol–water partition coefficient (Wildman–Crippen LogP) is 3.74. The minimum Gasteiger partial charge on any atom is -0.493 e. The summed E-state index contributed by atoms with van der Waals surface area (Å²) < 4.78 is 10.9. The Morgan fingerprint density at radius 1 is 1.04 bits per heavy atom. The second kappa shape index (κ2) is 7.70. The highest BCUT2D eigenvalue weighted by molar-refractivity contribution is 6.05. The first-order valence-corrected chi connectivity index (χ1v) is 7.81. The Morgan fingerprint density at radius 2 is 1.72 bits per heavy atom. The summed E-state index contributed by atoms with van der Waals surface area (Å²) in [5.74, 6) is -0.386. The van der Waals surface area contributed by atoms with Crippen molar-refractivity contribution in [3.63, 3.8) is 0 Å². The van der Waals surface area contributed by atoms with Crippen molar-refractivity contribution in [1.29, 1.82) is 0 Å². The number of amides is 1. The largest absolute Gasteiger partial charge is 0.493 e. The lowest BCUT2D eigenvalue weighted by molar-refractivity contribution is 0.0696. The number of hydrogen-bond acceptors (Lipinski definition) is 4. The van der Waals surface area contributed by atoms with Crippen LogP contribution in [0.5, 0.6) is 11.5 Å². The summed E-state index contributed by atoms with van der Waals surface area (Å²) in [5.41, 5.74) is 1.58. The van der Waals surface area contributed by atoms with E-state index in [0.717, 1.165) is 0 Å². The average molecular weight is 343 g/mol. The molecule has 0 heterocycles. The molecule has 6 heteroatoms. The standard InChI is InChI=1S/C19H21NO5/c1-11(2)25-17-10-15(5-6-16(17)24-4)20-18(21)13-7-12(3)8-14(9-13)19(22)23/h5-11H,1-4H3,(H,20,21)(H,22,23). The zero-order valence-electron chi connectivity index (χ0n) is 14.6. The molecule has 2 N–H and O–H groups in total. The van der Waals surface area contributed by atoms with E-state index in [1.54, 1.807) is 38.3 Å². The molecule has 0 fully saturated rings. The molecule has 0 aliphatic heterocycles. The summed E-state index contributed by atoms with van der Waals surface area (Å²) in [6.45, 7) is 5.53. The molecular formula is C19H21NO5. The van der Waals surface area contributed by atoms with Gasteiger partial charge in [-0.15, -0.1) is 0 Å². The van der Waals surface area contributed by atoms with Crippen molar-refractivity contribution >= 4 is 17.6 Å². The van der Waals surface area contributed by atoms with Crippen molar-refractivity contribution in [1.82, 2.24) is 0 Å². The average Bonchev–Trinajstić information content (AvgIpc) is 2.54. The van der Waals surface area contributed by atoms with E-state index in [1.165, 1.54) is 12.1 Å². The van der Waals surface area contributed by atoms with E-state index in [1.807, 2.05) is 13.8 Å². The van der Waals surface area contributed by atoms with Gasteiger partial charge in [-0.2, -0.15) is 0 Å². The highest BCUT2D eigenvalue weighted by Crippen LogP contribution is 2.31. The molecule has 0 saturated carbocycles. The van der Waals surface area contributed by atoms with Gasteiger partial charge in [-0.05, 0) is 56.7 Å². The third-order valence-corrected chi connectivity index (χ3v) is 3.37. The Labute approximate surface area is 146 Å². The number of hydrogen-bond donors (Lipinski definition) is 2. The third kappa shape index (κ3) is 4.73. The molecule has 0 aliphatic carbocycles. The van der Waals surface area contributed by atoms with Crippen molar-refractivity contribution in [2.24, 2.45) is 0 Å². The summed E-state index contributed by atoms with van der Waals surface area (Å²) in [6, 6.07) is 9.56. The monoisotopic (exact) mass is 343 g/mol. The van der Waals surface area contributed by atoms with Gasteiger partial charge in [0, 0.05) is 17.3 Å². The van der Waals surface area contributed by atoms with Crippen LogP contribution in [0, 0.1) is 6.92 Å². The number of methoxy groups -OCH3 is 1. The molecule has 1 amide bonds. The first-order valence-electron chi connectivity index (χ1n) is 7.81. The Bertz CT molecular complexity index is 798. The number of nitrogens with one attached hydrogen (secondary N) is 1. The van der Waals surface area contributed by atoms with Crippen molar-refractivity contribution in [2.45, 2.75) is 26.9 Å². The normalized spacial score (nSPS) is 10.4. The molecule has 6 nitrogen and oxygen atoms in total. The van der Waals surface area contributed by atoms with Crippen LogP contribution in [-0.2, 0) is 0 Å². The molecule has 0 bridgehead atoms. The smallest absolute Gasteiger partial charge is 0.335 e. The Kier molecular flexibility index (Phi) is 5.64. The van der Waals surface area contributed by atoms with Crippen LogP contribution in [0.2, 0.25) is 0 Å². The van der Waals surface area contributed by atoms with Gasteiger partial charge in [0.2, 0.25) is 0 Å². The van der Waals surface area contributed by atoms with Crippen LogP contribution in [0.4, 0.5) is 5.69 Å². The van der Waals surface area contributed by atoms with Crippen molar-refractivity contribution in [3.8, 4) is 11.5 Å². The number of carbonyl (C=O) groups is 2. The number of carboxylic acid groups (broad SMARTS) is 1. The van der Waals surface area contributed by atoms with Crippen LogP contribution in [0.3, 0.4) is 0 Å². The quantitative estimate of drug-likeness (QED) is 0.834. The van der Waals surface area contributed by atoms with Crippen LogP contribution >= 0.6 is 0 Å². The molecule has 132 valence electrons. The topological polar surface area (TPSA) is 84.9 Å². The Morgan fingerprint density at radius 3 is 2.32 bits per heavy atom. The molecular weight excluding hydrogens is 322 g/mol. The minimum absolute atomic E-state index is 0.0465. The number of rotatable bonds is 6. The van der Waals surface area contributed by atoms with Gasteiger partial charge in [0.15, 0.2) is 11.5 Å². The molecule has 0 aromatic heterocycles. The van der Waals surface area contributed by atoms with Gasteiger partial charge >= 0.3 is 5.97 Å². The fourth-order valence-electron chi connectivity index (χ4n) is 2.34. The number of benzene rings is 2. The molecule has 0 radical (unpaired) electrons. The summed E-state index contributed by atoms with van der Waals surface area (Å²) in [7, 11) is 1.54. The van der Waals surface area contributed by atoms with E-state index in [2.05, 4.69) is 5.32 Å². The second-order valence-corrected chi connectivity index (χ2v) is 5.88. The van der Waals surface area contributed by atoms with Gasteiger partial charge < -0.3 is 19.9 Å². The maximum atomic E-state index is 12.5. The molecule has 2 rings (SSSR count). The van der Waals surface area contributed by atoms with Crippen molar-refractivity contribution < 1.29 is 24.2 Å². The van der Waals surface area contributed by atoms with E-state index in [9.17, 15) is 9.59 Å². The van der Waals surface area contributed by atoms with Crippen LogP contribution in [-0.4, -0.2) is 30.2 Å². The van der Waals surface area contributed by atoms with E-state index in [0.29, 0.717) is 22.7 Å². The molecule has 0 aliphatic rings. The second-order valence-electron chi connectivity index (χ2n) is 5.88. The van der Waals surface area contributed by atoms with Crippen LogP contribution < -0.4 is 14.8 Å². The van der Waals surface area contributed by atoms with E-state index >= 15 is 0 Å². The SMILES string of the molecule is COc1ccc(NC(=O)c2cc(C)cc(C(=O)O)c2)cc1OC(C)C. The zero-order chi connectivity index (χ0) is 18.6. The summed E-state index contributed by atoms with van der Waals surface area (Å²) in [4.78, 5) is 23.6. The zero-order valence-corrected chi connectivity index (χ0v) is 14.6. The van der Waals surface area contributed by atoms with Gasteiger partial charge in [-0.3, -0.25) is 4.79 Å². The number of aromatic carboxylic acids is 1. The summed E-state index contributed by atoms with van der Waals surface area (Å²) >= 11 is 0. The van der Waals surface area contributed by atoms with Crippen molar-refractivity contribution in [3.05, 3.63) is 53.1 Å². The van der Waals surface area contributed by atoms with E-state index in [4.69, 9.17) is 14.6 Å². The number of carbonyl (C=O) groups excluding carboxylic acids is 1. The number of aryl methyl sites for hydroxylation is 1. The van der Waals surface area contributed by atoms with Crippen LogP contribution in [0.25, 0.3) is 0 Å². The van der Waals surface area contributed by atoms with Gasteiger partial charge in [0.1, 0.15) is 0 Å². The molecule has 2 aromatic rings. The van der Waals surface area contributed by atoms with Gasteiger partial charge in [0.25, 0.3) is 5.91 Å². The van der Waals surface area contributed by atoms with Gasteiger partial charge in [0.05, 0.1) is 18.8 Å². The fourth-order valence-corrected chi connectivity index (χ4v) is 2.34. The van der Waals surface area contributed by atoms with Crippen LogP contribution in [0.15, 0.2) is 36.4 Å².